The second-order valence-corrected chi connectivity index (χ2v) is 18.2. The molecule has 0 saturated heterocycles. The van der Waals surface area contributed by atoms with E-state index in [1.165, 1.54) is 0 Å². The number of hydrogen-bond donors (Lipinski definition) is 3. The molecule has 0 aliphatic carbocycles. The summed E-state index contributed by atoms with van der Waals surface area (Å²) in [6.45, 7) is 22.7. The SMILES string of the molecule is CC(C)COCC(C)NC[Si](C)(C)O[Si](C)(C)CNC(C)COCC(C)N. The summed E-state index contributed by atoms with van der Waals surface area (Å²) in [5.74, 6) is 0.581. The highest BCUT2D eigenvalue weighted by molar-refractivity contribution is 6.85. The summed E-state index contributed by atoms with van der Waals surface area (Å²) in [5, 5.41) is 7.18. The van der Waals surface area contributed by atoms with Gasteiger partial charge in [0.05, 0.1) is 19.8 Å². The first-order chi connectivity index (χ1) is 12.3. The van der Waals surface area contributed by atoms with Crippen LogP contribution in [0.5, 0.6) is 0 Å². The Balaban J connectivity index is 4.16. The van der Waals surface area contributed by atoms with E-state index in [0.717, 1.165) is 25.5 Å². The summed E-state index contributed by atoms with van der Waals surface area (Å²) in [7, 11) is -3.54. The summed E-state index contributed by atoms with van der Waals surface area (Å²) in [4.78, 5) is 0. The number of nitrogens with two attached hydrogens (primary N) is 1. The molecular formula is C19H47N3O3Si2. The lowest BCUT2D eigenvalue weighted by Gasteiger charge is -2.35. The first kappa shape index (κ1) is 27.2. The van der Waals surface area contributed by atoms with Crippen molar-refractivity contribution in [2.45, 2.75) is 78.9 Å². The van der Waals surface area contributed by atoms with Crippen molar-refractivity contribution in [1.29, 1.82) is 0 Å². The van der Waals surface area contributed by atoms with E-state index in [1.54, 1.807) is 0 Å². The minimum atomic E-state index is -1.78. The molecule has 0 heterocycles. The Morgan fingerprint density at radius 3 is 1.48 bits per heavy atom. The maximum atomic E-state index is 6.66. The predicted molar refractivity (Wildman–Crippen MR) is 121 cm³/mol. The summed E-state index contributed by atoms with van der Waals surface area (Å²) < 4.78 is 18.0. The van der Waals surface area contributed by atoms with E-state index in [1.807, 2.05) is 6.92 Å². The van der Waals surface area contributed by atoms with Crippen molar-refractivity contribution in [2.75, 3.05) is 38.8 Å². The van der Waals surface area contributed by atoms with Gasteiger partial charge in [-0.15, -0.1) is 0 Å². The van der Waals surface area contributed by atoms with E-state index in [9.17, 15) is 0 Å². The summed E-state index contributed by atoms with van der Waals surface area (Å²) >= 11 is 0. The van der Waals surface area contributed by atoms with Gasteiger partial charge in [0.1, 0.15) is 0 Å². The lowest BCUT2D eigenvalue weighted by Crippen LogP contribution is -2.56. The van der Waals surface area contributed by atoms with E-state index >= 15 is 0 Å². The normalized spacial score (nSPS) is 16.6. The first-order valence-electron chi connectivity index (χ1n) is 10.4. The third kappa shape index (κ3) is 16.8. The van der Waals surface area contributed by atoms with Gasteiger partial charge in [-0.3, -0.25) is 0 Å². The van der Waals surface area contributed by atoms with Crippen molar-refractivity contribution in [3.8, 4) is 0 Å². The average Bonchev–Trinajstić information content (AvgIpc) is 2.49. The van der Waals surface area contributed by atoms with E-state index in [0.29, 0.717) is 31.2 Å². The molecule has 0 rings (SSSR count). The molecule has 164 valence electrons. The number of ether oxygens (including phenoxy) is 2. The Hall–Kier alpha value is 0.194. The monoisotopic (exact) mass is 421 g/mol. The second kappa shape index (κ2) is 13.4. The highest BCUT2D eigenvalue weighted by atomic mass is 28.4. The van der Waals surface area contributed by atoms with Gasteiger partial charge >= 0.3 is 0 Å². The molecule has 27 heavy (non-hydrogen) atoms. The van der Waals surface area contributed by atoms with Crippen molar-refractivity contribution in [3.05, 3.63) is 0 Å². The van der Waals surface area contributed by atoms with Crippen LogP contribution >= 0.6 is 0 Å². The predicted octanol–water partition coefficient (Wildman–Crippen LogP) is 2.48. The largest absolute Gasteiger partial charge is 0.454 e. The van der Waals surface area contributed by atoms with E-state index < -0.39 is 16.6 Å². The van der Waals surface area contributed by atoms with Gasteiger partial charge in [0.15, 0.2) is 16.6 Å². The van der Waals surface area contributed by atoms with Crippen LogP contribution in [0.4, 0.5) is 0 Å². The van der Waals surface area contributed by atoms with Crippen molar-refractivity contribution >= 4 is 16.6 Å². The van der Waals surface area contributed by atoms with Gasteiger partial charge < -0.3 is 30.0 Å². The fraction of sp³-hybridized carbons (Fsp3) is 1.00. The molecule has 0 aromatic heterocycles. The zero-order valence-corrected chi connectivity index (χ0v) is 21.4. The Labute approximate surface area is 170 Å². The third-order valence-electron chi connectivity index (χ3n) is 3.87. The molecule has 0 radical (unpaired) electrons. The molecule has 0 amide bonds. The van der Waals surface area contributed by atoms with Crippen molar-refractivity contribution < 1.29 is 13.6 Å². The van der Waals surface area contributed by atoms with E-state index in [-0.39, 0.29) is 6.04 Å². The quantitative estimate of drug-likeness (QED) is 0.332. The van der Waals surface area contributed by atoms with Crippen LogP contribution in [-0.4, -0.2) is 73.5 Å². The van der Waals surface area contributed by atoms with Gasteiger partial charge in [0.25, 0.3) is 0 Å². The molecule has 4 N–H and O–H groups in total. The van der Waals surface area contributed by atoms with Gasteiger partial charge in [-0.05, 0) is 52.9 Å². The van der Waals surface area contributed by atoms with Crippen LogP contribution in [0.3, 0.4) is 0 Å². The van der Waals surface area contributed by atoms with Gasteiger partial charge in [-0.25, -0.2) is 0 Å². The minimum Gasteiger partial charge on any atom is -0.454 e. The van der Waals surface area contributed by atoms with Crippen LogP contribution in [0.2, 0.25) is 26.2 Å². The molecule has 0 saturated carbocycles. The summed E-state index contributed by atoms with van der Waals surface area (Å²) in [6, 6.07) is 0.744. The number of nitrogens with one attached hydrogen (secondary N) is 2. The molecule has 0 spiro atoms. The lowest BCUT2D eigenvalue weighted by molar-refractivity contribution is 0.0948. The van der Waals surface area contributed by atoms with Gasteiger partial charge in [-0.2, -0.15) is 0 Å². The highest BCUT2D eigenvalue weighted by Crippen LogP contribution is 2.13. The average molecular weight is 422 g/mol. The molecule has 0 aromatic rings. The van der Waals surface area contributed by atoms with Crippen molar-refractivity contribution in [3.63, 3.8) is 0 Å². The fourth-order valence-electron chi connectivity index (χ4n) is 2.69. The zero-order valence-electron chi connectivity index (χ0n) is 19.4. The Morgan fingerprint density at radius 1 is 0.704 bits per heavy atom. The van der Waals surface area contributed by atoms with E-state index in [2.05, 4.69) is 64.5 Å². The van der Waals surface area contributed by atoms with Crippen LogP contribution in [0.15, 0.2) is 0 Å². The van der Waals surface area contributed by atoms with Crippen LogP contribution in [0.25, 0.3) is 0 Å². The van der Waals surface area contributed by atoms with Crippen LogP contribution in [0.1, 0.15) is 34.6 Å². The minimum absolute atomic E-state index is 0.0869. The Morgan fingerprint density at radius 2 is 1.11 bits per heavy atom. The van der Waals surface area contributed by atoms with E-state index in [4.69, 9.17) is 19.3 Å². The maximum Gasteiger partial charge on any atom is 0.187 e. The second-order valence-electron chi connectivity index (χ2n) is 9.63. The third-order valence-corrected chi connectivity index (χ3v) is 10.4. The summed E-state index contributed by atoms with van der Waals surface area (Å²) in [5.41, 5.74) is 5.71. The maximum absolute atomic E-state index is 6.66. The molecule has 0 aromatic carbocycles. The van der Waals surface area contributed by atoms with Gasteiger partial charge in [-0.1, -0.05) is 13.8 Å². The highest BCUT2D eigenvalue weighted by Gasteiger charge is 2.33. The van der Waals surface area contributed by atoms with Gasteiger partial charge in [0.2, 0.25) is 0 Å². The topological polar surface area (TPSA) is 77.8 Å². The van der Waals surface area contributed by atoms with Crippen LogP contribution in [0, 0.1) is 5.92 Å². The number of rotatable bonds is 16. The zero-order chi connectivity index (χ0) is 21.1. The van der Waals surface area contributed by atoms with Crippen LogP contribution in [-0.2, 0) is 13.6 Å². The number of hydrogen-bond acceptors (Lipinski definition) is 6. The molecule has 6 nitrogen and oxygen atoms in total. The Kier molecular flexibility index (Phi) is 13.5. The summed E-state index contributed by atoms with van der Waals surface area (Å²) in [6.07, 6.45) is 1.88. The molecule has 0 fully saturated rings. The molecular weight excluding hydrogens is 374 g/mol. The van der Waals surface area contributed by atoms with Gasteiger partial charge in [0, 0.05) is 37.1 Å². The Bertz CT molecular complexity index is 349. The van der Waals surface area contributed by atoms with Crippen LogP contribution < -0.4 is 16.4 Å². The van der Waals surface area contributed by atoms with Crippen molar-refractivity contribution in [2.24, 2.45) is 11.7 Å². The molecule has 0 bridgehead atoms. The molecule has 0 aliphatic rings. The molecule has 3 unspecified atom stereocenters. The molecule has 8 heteroatoms. The fourth-order valence-corrected chi connectivity index (χ4v) is 10.9. The molecule has 3 atom stereocenters. The standard InChI is InChI=1S/C19H47N3O3Si2/c1-16(2)10-23-12-18(4)21-14-26(6,7)25-27(8,9)15-22-19(5)13-24-11-17(3)20/h16-19,21-22H,10-15,20H2,1-9H3. The lowest BCUT2D eigenvalue weighted by atomic mass is 10.2. The first-order valence-corrected chi connectivity index (χ1v) is 16.6. The molecule has 0 aliphatic heterocycles. The smallest absolute Gasteiger partial charge is 0.187 e. The van der Waals surface area contributed by atoms with Crippen molar-refractivity contribution in [1.82, 2.24) is 10.6 Å².